The molecule has 1 atom stereocenters. The van der Waals surface area contributed by atoms with E-state index in [1.807, 2.05) is 64.1 Å². The van der Waals surface area contributed by atoms with E-state index in [0.29, 0.717) is 5.56 Å². The van der Waals surface area contributed by atoms with E-state index in [-0.39, 0.29) is 18.6 Å². The number of nitrogens with one attached hydrogen (secondary N) is 1. The number of aryl methyl sites for hydroxylation is 3. The van der Waals surface area contributed by atoms with Crippen molar-refractivity contribution in [3.8, 4) is 0 Å². The molecule has 1 N–H and O–H groups in total. The van der Waals surface area contributed by atoms with Gasteiger partial charge >= 0.3 is 5.97 Å². The molecule has 0 spiro atoms. The van der Waals surface area contributed by atoms with Crippen LogP contribution in [-0.2, 0) is 9.53 Å². The van der Waals surface area contributed by atoms with E-state index in [9.17, 15) is 9.59 Å². The van der Waals surface area contributed by atoms with Crippen LogP contribution in [0.5, 0.6) is 0 Å². The normalized spacial score (nSPS) is 11.7. The second-order valence-electron chi connectivity index (χ2n) is 6.33. The third-order valence-electron chi connectivity index (χ3n) is 4.16. The van der Waals surface area contributed by atoms with Crippen molar-refractivity contribution >= 4 is 11.9 Å². The lowest BCUT2D eigenvalue weighted by molar-refractivity contribution is -0.125. The van der Waals surface area contributed by atoms with Gasteiger partial charge in [0, 0.05) is 0 Å². The quantitative estimate of drug-likeness (QED) is 0.808. The number of benzene rings is 2. The molecule has 2 rings (SSSR count). The number of carbonyl (C=O) groups excluding carboxylic acids is 2. The van der Waals surface area contributed by atoms with Gasteiger partial charge in [-0.3, -0.25) is 4.79 Å². The van der Waals surface area contributed by atoms with Crippen molar-refractivity contribution < 1.29 is 14.3 Å². The lowest BCUT2D eigenvalue weighted by Gasteiger charge is -2.18. The molecule has 0 bridgehead atoms. The van der Waals surface area contributed by atoms with Gasteiger partial charge in [0.2, 0.25) is 0 Å². The summed E-state index contributed by atoms with van der Waals surface area (Å²) in [5, 5.41) is 2.92. The minimum atomic E-state index is -0.476. The van der Waals surface area contributed by atoms with Gasteiger partial charge in [-0.05, 0) is 44.4 Å². The van der Waals surface area contributed by atoms with Gasteiger partial charge in [-0.25, -0.2) is 4.79 Å². The molecule has 132 valence electrons. The zero-order valence-electron chi connectivity index (χ0n) is 15.3. The molecule has 0 saturated heterocycles. The van der Waals surface area contributed by atoms with Crippen LogP contribution >= 0.6 is 0 Å². The van der Waals surface area contributed by atoms with E-state index in [2.05, 4.69) is 5.32 Å². The molecule has 0 aliphatic heterocycles. The van der Waals surface area contributed by atoms with Crippen LogP contribution in [-0.4, -0.2) is 18.5 Å². The highest BCUT2D eigenvalue weighted by Crippen LogP contribution is 2.17. The van der Waals surface area contributed by atoms with Gasteiger partial charge in [-0.1, -0.05) is 54.4 Å². The van der Waals surface area contributed by atoms with Gasteiger partial charge in [0.25, 0.3) is 5.91 Å². The molecule has 0 aromatic heterocycles. The Morgan fingerprint density at radius 3 is 2.24 bits per heavy atom. The molecular weight excluding hydrogens is 314 g/mol. The van der Waals surface area contributed by atoms with E-state index in [0.717, 1.165) is 23.1 Å². The second-order valence-corrected chi connectivity index (χ2v) is 6.33. The number of rotatable bonds is 6. The molecule has 4 nitrogen and oxygen atoms in total. The van der Waals surface area contributed by atoms with Crippen LogP contribution in [0.4, 0.5) is 0 Å². The second kappa shape index (κ2) is 8.47. The zero-order valence-corrected chi connectivity index (χ0v) is 15.3. The Morgan fingerprint density at radius 2 is 1.64 bits per heavy atom. The average Bonchev–Trinajstić information content (AvgIpc) is 2.58. The highest BCUT2D eigenvalue weighted by molar-refractivity contribution is 5.92. The van der Waals surface area contributed by atoms with Crippen molar-refractivity contribution in [1.82, 2.24) is 5.32 Å². The van der Waals surface area contributed by atoms with Crippen molar-refractivity contribution in [3.63, 3.8) is 0 Å². The number of esters is 1. The Balaban J connectivity index is 1.92. The molecule has 2 aromatic rings. The summed E-state index contributed by atoms with van der Waals surface area (Å²) in [7, 11) is 0. The lowest BCUT2D eigenvalue weighted by atomic mass is 10.0. The fourth-order valence-electron chi connectivity index (χ4n) is 2.71. The maximum Gasteiger partial charge on any atom is 0.338 e. The number of carbonyl (C=O) groups is 2. The molecular formula is C21H25NO3. The number of amides is 1. The fourth-order valence-corrected chi connectivity index (χ4v) is 2.71. The molecule has 25 heavy (non-hydrogen) atoms. The first kappa shape index (κ1) is 18.7. The topological polar surface area (TPSA) is 55.4 Å². The summed E-state index contributed by atoms with van der Waals surface area (Å²) in [5.41, 5.74) is 4.63. The summed E-state index contributed by atoms with van der Waals surface area (Å²) in [4.78, 5) is 24.3. The molecule has 1 amide bonds. The molecule has 0 unspecified atom stereocenters. The number of ether oxygens (including phenoxy) is 1. The van der Waals surface area contributed by atoms with Crippen LogP contribution in [0.1, 0.15) is 52.0 Å². The molecule has 2 aromatic carbocycles. The van der Waals surface area contributed by atoms with Gasteiger partial charge in [-0.15, -0.1) is 0 Å². The van der Waals surface area contributed by atoms with Crippen molar-refractivity contribution in [2.75, 3.05) is 6.61 Å². The first-order valence-electron chi connectivity index (χ1n) is 8.51. The Hall–Kier alpha value is -2.62. The fraction of sp³-hybridized carbons (Fsp3) is 0.333. The monoisotopic (exact) mass is 339 g/mol. The minimum absolute atomic E-state index is 0.0899. The predicted molar refractivity (Wildman–Crippen MR) is 98.6 cm³/mol. The van der Waals surface area contributed by atoms with Gasteiger partial charge in [0.1, 0.15) is 0 Å². The minimum Gasteiger partial charge on any atom is -0.452 e. The van der Waals surface area contributed by atoms with Crippen LogP contribution in [0, 0.1) is 20.8 Å². The Kier molecular flexibility index (Phi) is 6.34. The van der Waals surface area contributed by atoms with Crippen LogP contribution in [0.3, 0.4) is 0 Å². The van der Waals surface area contributed by atoms with Crippen LogP contribution < -0.4 is 5.32 Å². The maximum absolute atomic E-state index is 12.1. The Labute approximate surface area is 149 Å². The van der Waals surface area contributed by atoms with Crippen molar-refractivity contribution in [1.29, 1.82) is 0 Å². The summed E-state index contributed by atoms with van der Waals surface area (Å²) < 4.78 is 5.16. The van der Waals surface area contributed by atoms with Gasteiger partial charge in [0.15, 0.2) is 6.61 Å². The Bertz CT molecular complexity index is 750. The van der Waals surface area contributed by atoms with Crippen molar-refractivity contribution in [3.05, 3.63) is 70.3 Å². The largest absolute Gasteiger partial charge is 0.452 e. The summed E-state index contributed by atoms with van der Waals surface area (Å²) in [6, 6.07) is 13.5. The molecule has 4 heteroatoms. The zero-order chi connectivity index (χ0) is 18.4. The highest BCUT2D eigenvalue weighted by atomic mass is 16.5. The van der Waals surface area contributed by atoms with Crippen LogP contribution in [0.15, 0.2) is 42.5 Å². The van der Waals surface area contributed by atoms with Gasteiger partial charge in [-0.2, -0.15) is 0 Å². The molecule has 0 radical (unpaired) electrons. The Morgan fingerprint density at radius 1 is 1.00 bits per heavy atom. The first-order valence-corrected chi connectivity index (χ1v) is 8.51. The van der Waals surface area contributed by atoms with E-state index in [4.69, 9.17) is 4.74 Å². The summed E-state index contributed by atoms with van der Waals surface area (Å²) in [6.45, 7) is 7.57. The van der Waals surface area contributed by atoms with E-state index in [1.54, 1.807) is 6.07 Å². The summed E-state index contributed by atoms with van der Waals surface area (Å²) >= 11 is 0. The van der Waals surface area contributed by atoms with Crippen LogP contribution in [0.2, 0.25) is 0 Å². The summed E-state index contributed by atoms with van der Waals surface area (Å²) in [5.74, 6) is -0.776. The SMILES string of the molecule is CC[C@H](NC(=O)COC(=O)c1ccc(C)cc1C)c1ccc(C)cc1. The predicted octanol–water partition coefficient (Wildman–Crippen LogP) is 4.04. The smallest absolute Gasteiger partial charge is 0.338 e. The summed E-state index contributed by atoms with van der Waals surface area (Å²) in [6.07, 6.45) is 0.764. The first-order chi connectivity index (χ1) is 11.9. The molecule has 0 fully saturated rings. The molecule has 0 aliphatic rings. The molecule has 0 saturated carbocycles. The van der Waals surface area contributed by atoms with Gasteiger partial charge < -0.3 is 10.1 Å². The lowest BCUT2D eigenvalue weighted by Crippen LogP contribution is -2.32. The van der Waals surface area contributed by atoms with Crippen molar-refractivity contribution in [2.24, 2.45) is 0 Å². The standard InChI is InChI=1S/C21H25NO3/c1-5-19(17-9-6-14(2)7-10-17)22-20(23)13-25-21(24)18-11-8-15(3)12-16(18)4/h6-12,19H,5,13H2,1-4H3,(H,22,23)/t19-/m0/s1. The molecule has 0 heterocycles. The van der Waals surface area contributed by atoms with Gasteiger partial charge in [0.05, 0.1) is 11.6 Å². The number of hydrogen-bond donors (Lipinski definition) is 1. The van der Waals surface area contributed by atoms with E-state index in [1.165, 1.54) is 5.56 Å². The molecule has 0 aliphatic carbocycles. The third kappa shape index (κ3) is 5.18. The van der Waals surface area contributed by atoms with Crippen molar-refractivity contribution in [2.45, 2.75) is 40.2 Å². The van der Waals surface area contributed by atoms with E-state index >= 15 is 0 Å². The van der Waals surface area contributed by atoms with Crippen LogP contribution in [0.25, 0.3) is 0 Å². The van der Waals surface area contributed by atoms with E-state index < -0.39 is 5.97 Å². The average molecular weight is 339 g/mol. The maximum atomic E-state index is 12.1. The third-order valence-corrected chi connectivity index (χ3v) is 4.16. The number of hydrogen-bond acceptors (Lipinski definition) is 3. The highest BCUT2D eigenvalue weighted by Gasteiger charge is 2.16.